The molecule has 1 aromatic heterocycles. The topological polar surface area (TPSA) is 58.6 Å². The number of hydrogen-bond acceptors (Lipinski definition) is 6. The molecular formula is C22H33IN4O3S. The van der Waals surface area contributed by atoms with Crippen LogP contribution in [0.25, 0.3) is 0 Å². The molecule has 0 amide bonds. The van der Waals surface area contributed by atoms with Crippen LogP contribution in [0.2, 0.25) is 0 Å². The Morgan fingerprint density at radius 1 is 1.03 bits per heavy atom. The number of ether oxygens (including phenoxy) is 3. The summed E-state index contributed by atoms with van der Waals surface area (Å²) in [5.74, 6) is 3.02. The van der Waals surface area contributed by atoms with Gasteiger partial charge < -0.3 is 24.4 Å². The summed E-state index contributed by atoms with van der Waals surface area (Å²) in [6.45, 7) is 8.37. The van der Waals surface area contributed by atoms with Gasteiger partial charge in [-0.1, -0.05) is 0 Å². The van der Waals surface area contributed by atoms with E-state index in [0.717, 1.165) is 57.3 Å². The molecule has 1 aromatic carbocycles. The van der Waals surface area contributed by atoms with Gasteiger partial charge in [-0.2, -0.15) is 11.3 Å². The Morgan fingerprint density at radius 2 is 1.71 bits per heavy atom. The van der Waals surface area contributed by atoms with Gasteiger partial charge in [-0.25, -0.2) is 4.99 Å². The van der Waals surface area contributed by atoms with E-state index in [9.17, 15) is 0 Å². The number of nitrogens with zero attached hydrogens (tertiary/aromatic N) is 3. The van der Waals surface area contributed by atoms with Crippen LogP contribution in [-0.4, -0.2) is 69.8 Å². The van der Waals surface area contributed by atoms with E-state index in [1.807, 2.05) is 12.1 Å². The standard InChI is InChI=1S/C22H32N4O3S.HI/c1-5-23-22(24-14-17-6-11-30-16-17)26-9-7-25(8-10-26)15-18-12-19(27-2)21(29-4)20(13-18)28-3;/h6,11-13,16H,5,7-10,14-15H2,1-4H3,(H,23,24);1H. The Bertz CT molecular complexity index is 799. The Labute approximate surface area is 206 Å². The first kappa shape index (κ1) is 25.5. The summed E-state index contributed by atoms with van der Waals surface area (Å²) in [5, 5.41) is 7.69. The first-order chi connectivity index (χ1) is 14.7. The zero-order chi connectivity index (χ0) is 21.3. The minimum atomic E-state index is 0. The summed E-state index contributed by atoms with van der Waals surface area (Å²) in [6, 6.07) is 6.19. The quantitative estimate of drug-likeness (QED) is 0.302. The van der Waals surface area contributed by atoms with Crippen LogP contribution in [0.1, 0.15) is 18.1 Å². The van der Waals surface area contributed by atoms with E-state index in [4.69, 9.17) is 19.2 Å². The van der Waals surface area contributed by atoms with Crippen molar-refractivity contribution in [2.75, 3.05) is 54.1 Å². The fourth-order valence-corrected chi connectivity index (χ4v) is 4.24. The van der Waals surface area contributed by atoms with Gasteiger partial charge in [0.15, 0.2) is 17.5 Å². The van der Waals surface area contributed by atoms with Gasteiger partial charge in [0.2, 0.25) is 5.75 Å². The average molecular weight is 561 g/mol. The van der Waals surface area contributed by atoms with Crippen LogP contribution in [0.15, 0.2) is 34.0 Å². The van der Waals surface area contributed by atoms with E-state index >= 15 is 0 Å². The maximum Gasteiger partial charge on any atom is 0.203 e. The molecule has 0 unspecified atom stereocenters. The van der Waals surface area contributed by atoms with Crippen molar-refractivity contribution in [1.82, 2.24) is 15.1 Å². The van der Waals surface area contributed by atoms with Crippen LogP contribution in [0.5, 0.6) is 17.2 Å². The van der Waals surface area contributed by atoms with Crippen LogP contribution in [0.4, 0.5) is 0 Å². The van der Waals surface area contributed by atoms with Crippen LogP contribution < -0.4 is 19.5 Å². The summed E-state index contributed by atoms with van der Waals surface area (Å²) in [4.78, 5) is 9.62. The third-order valence-electron chi connectivity index (χ3n) is 5.13. The number of aliphatic imine (C=N–C) groups is 1. The van der Waals surface area contributed by atoms with Crippen LogP contribution in [0.3, 0.4) is 0 Å². The van der Waals surface area contributed by atoms with Crippen LogP contribution >= 0.6 is 35.3 Å². The predicted octanol–water partition coefficient (Wildman–Crippen LogP) is 3.68. The van der Waals surface area contributed by atoms with Crippen molar-refractivity contribution in [3.05, 3.63) is 40.1 Å². The number of methoxy groups -OCH3 is 3. The Hall–Kier alpha value is -1.72. The third-order valence-corrected chi connectivity index (χ3v) is 5.86. The lowest BCUT2D eigenvalue weighted by atomic mass is 10.1. The summed E-state index contributed by atoms with van der Waals surface area (Å²) < 4.78 is 16.4. The van der Waals surface area contributed by atoms with Crippen molar-refractivity contribution in [2.45, 2.75) is 20.0 Å². The molecule has 0 spiro atoms. The van der Waals surface area contributed by atoms with E-state index in [2.05, 4.69) is 38.9 Å². The molecule has 0 atom stereocenters. The number of nitrogens with one attached hydrogen (secondary N) is 1. The van der Waals surface area contributed by atoms with E-state index < -0.39 is 0 Å². The normalized spacial score (nSPS) is 14.7. The average Bonchev–Trinajstić information content (AvgIpc) is 3.30. The number of thiophene rings is 1. The number of rotatable bonds is 8. The second kappa shape index (κ2) is 13.0. The van der Waals surface area contributed by atoms with Crippen LogP contribution in [-0.2, 0) is 13.1 Å². The lowest BCUT2D eigenvalue weighted by Gasteiger charge is -2.36. The number of guanidine groups is 1. The SMILES string of the molecule is CCNC(=NCc1ccsc1)N1CCN(Cc2cc(OC)c(OC)c(OC)c2)CC1.I. The summed E-state index contributed by atoms with van der Waals surface area (Å²) in [5.41, 5.74) is 2.41. The highest BCUT2D eigenvalue weighted by Gasteiger charge is 2.21. The molecule has 1 N–H and O–H groups in total. The predicted molar refractivity (Wildman–Crippen MR) is 137 cm³/mol. The van der Waals surface area contributed by atoms with Crippen molar-refractivity contribution in [3.8, 4) is 17.2 Å². The molecule has 1 fully saturated rings. The van der Waals surface area contributed by atoms with Crippen molar-refractivity contribution in [2.24, 2.45) is 4.99 Å². The molecule has 1 aliphatic rings. The molecule has 2 aromatic rings. The van der Waals surface area contributed by atoms with Gasteiger partial charge in [-0.15, -0.1) is 24.0 Å². The van der Waals surface area contributed by atoms with Gasteiger partial charge >= 0.3 is 0 Å². The van der Waals surface area contributed by atoms with Crippen molar-refractivity contribution < 1.29 is 14.2 Å². The number of hydrogen-bond donors (Lipinski definition) is 1. The molecule has 2 heterocycles. The molecule has 1 aliphatic heterocycles. The van der Waals surface area contributed by atoms with Gasteiger partial charge in [0.05, 0.1) is 27.9 Å². The molecule has 3 rings (SSSR count). The zero-order valence-electron chi connectivity index (χ0n) is 18.7. The summed E-state index contributed by atoms with van der Waals surface area (Å²) >= 11 is 1.71. The Kier molecular flexibility index (Phi) is 10.7. The highest BCUT2D eigenvalue weighted by molar-refractivity contribution is 14.0. The molecule has 31 heavy (non-hydrogen) atoms. The van der Waals surface area contributed by atoms with Gasteiger partial charge in [0.1, 0.15) is 0 Å². The molecular weight excluding hydrogens is 527 g/mol. The maximum atomic E-state index is 5.49. The Morgan fingerprint density at radius 3 is 2.23 bits per heavy atom. The minimum absolute atomic E-state index is 0. The molecule has 9 heteroatoms. The monoisotopic (exact) mass is 560 g/mol. The molecule has 0 aliphatic carbocycles. The lowest BCUT2D eigenvalue weighted by molar-refractivity contribution is 0.172. The second-order valence-corrected chi connectivity index (χ2v) is 7.88. The second-order valence-electron chi connectivity index (χ2n) is 7.10. The van der Waals surface area contributed by atoms with E-state index in [1.165, 1.54) is 5.56 Å². The number of halogens is 1. The van der Waals surface area contributed by atoms with E-state index in [1.54, 1.807) is 32.7 Å². The smallest absolute Gasteiger partial charge is 0.203 e. The molecule has 0 radical (unpaired) electrons. The zero-order valence-corrected chi connectivity index (χ0v) is 21.9. The summed E-state index contributed by atoms with van der Waals surface area (Å²) in [6.07, 6.45) is 0. The van der Waals surface area contributed by atoms with Crippen molar-refractivity contribution >= 4 is 41.3 Å². The van der Waals surface area contributed by atoms with E-state index in [0.29, 0.717) is 17.2 Å². The molecule has 1 saturated heterocycles. The first-order valence-corrected chi connectivity index (χ1v) is 11.2. The highest BCUT2D eigenvalue weighted by atomic mass is 127. The van der Waals surface area contributed by atoms with Crippen molar-refractivity contribution in [3.63, 3.8) is 0 Å². The first-order valence-electron chi connectivity index (χ1n) is 10.2. The van der Waals surface area contributed by atoms with Gasteiger partial charge in [0.25, 0.3) is 0 Å². The van der Waals surface area contributed by atoms with Gasteiger partial charge in [-0.3, -0.25) is 4.90 Å². The minimum Gasteiger partial charge on any atom is -0.493 e. The fourth-order valence-electron chi connectivity index (χ4n) is 3.58. The van der Waals surface area contributed by atoms with E-state index in [-0.39, 0.29) is 24.0 Å². The largest absolute Gasteiger partial charge is 0.493 e. The molecule has 7 nitrogen and oxygen atoms in total. The van der Waals surface area contributed by atoms with Crippen LogP contribution in [0, 0.1) is 0 Å². The lowest BCUT2D eigenvalue weighted by Crippen LogP contribution is -2.52. The number of piperazine rings is 1. The van der Waals surface area contributed by atoms with Gasteiger partial charge in [0, 0.05) is 39.3 Å². The fraction of sp³-hybridized carbons (Fsp3) is 0.500. The third kappa shape index (κ3) is 6.88. The summed E-state index contributed by atoms with van der Waals surface area (Å²) in [7, 11) is 4.93. The Balaban J connectivity index is 0.00000341. The number of benzene rings is 1. The molecule has 0 bridgehead atoms. The maximum absolute atomic E-state index is 5.49. The highest BCUT2D eigenvalue weighted by Crippen LogP contribution is 2.38. The van der Waals surface area contributed by atoms with Gasteiger partial charge in [-0.05, 0) is 47.0 Å². The molecule has 0 saturated carbocycles. The molecule has 172 valence electrons. The van der Waals surface area contributed by atoms with Crippen molar-refractivity contribution in [1.29, 1.82) is 0 Å².